The van der Waals surface area contributed by atoms with Gasteiger partial charge >= 0.3 is 19.9 Å². The second kappa shape index (κ2) is 9.83. The van der Waals surface area contributed by atoms with Crippen molar-refractivity contribution >= 4 is 13.5 Å². The molecule has 1 N–H and O–H groups in total. The molecule has 1 amide bonds. The van der Waals surface area contributed by atoms with Gasteiger partial charge in [0.15, 0.2) is 0 Å². The SMILES string of the molecule is CC(=O)N(O)CCCP(=O)(Oc1ccc(C(F)(F)F)cc1)Oc1ccc(C(F)(F)F)cc1. The molecule has 13 heteroatoms. The van der Waals surface area contributed by atoms with Gasteiger partial charge in [0.1, 0.15) is 11.5 Å². The molecular formula is C19H18F6NO5P. The van der Waals surface area contributed by atoms with Crippen LogP contribution in [0, 0.1) is 0 Å². The Bertz CT molecular complexity index is 897. The Kier molecular flexibility index (Phi) is 7.84. The van der Waals surface area contributed by atoms with Gasteiger partial charge in [0.05, 0.1) is 17.3 Å². The first kappa shape index (κ1) is 25.5. The van der Waals surface area contributed by atoms with E-state index in [0.29, 0.717) is 29.3 Å². The zero-order chi connectivity index (χ0) is 24.2. The Labute approximate surface area is 178 Å². The van der Waals surface area contributed by atoms with E-state index in [1.165, 1.54) is 0 Å². The van der Waals surface area contributed by atoms with Gasteiger partial charge in [-0.05, 0) is 55.0 Å². The third-order valence-electron chi connectivity index (χ3n) is 4.02. The number of benzene rings is 2. The minimum atomic E-state index is -4.60. The van der Waals surface area contributed by atoms with E-state index in [-0.39, 0.29) is 24.5 Å². The van der Waals surface area contributed by atoms with Crippen LogP contribution in [-0.4, -0.2) is 28.9 Å². The number of alkyl halides is 6. The standard InChI is InChI=1S/C19H18F6NO5P/c1-13(27)26(28)11-2-12-32(29,30-16-7-3-14(4-8-16)18(20,21)22)31-17-9-5-15(6-10-17)19(23,24)25/h3-10,28H,2,11-12H2,1H3. The zero-order valence-electron chi connectivity index (χ0n) is 16.5. The van der Waals surface area contributed by atoms with Crippen molar-refractivity contribution in [2.24, 2.45) is 0 Å². The molecule has 0 saturated carbocycles. The van der Waals surface area contributed by atoms with Gasteiger partial charge in [-0.2, -0.15) is 26.3 Å². The van der Waals surface area contributed by atoms with Crippen LogP contribution in [0.4, 0.5) is 26.3 Å². The highest BCUT2D eigenvalue weighted by atomic mass is 31.2. The number of nitrogens with zero attached hydrogens (tertiary/aromatic N) is 1. The average molecular weight is 485 g/mol. The minimum Gasteiger partial charge on any atom is -0.416 e. The largest absolute Gasteiger partial charge is 0.430 e. The molecule has 0 radical (unpaired) electrons. The predicted molar refractivity (Wildman–Crippen MR) is 100 cm³/mol. The molecule has 0 unspecified atom stereocenters. The lowest BCUT2D eigenvalue weighted by atomic mass is 10.2. The number of amides is 1. The second-order valence-corrected chi connectivity index (χ2v) is 8.59. The second-order valence-electron chi connectivity index (χ2n) is 6.56. The third kappa shape index (κ3) is 7.45. The number of rotatable bonds is 8. The highest BCUT2D eigenvalue weighted by Gasteiger charge is 2.33. The van der Waals surface area contributed by atoms with Gasteiger partial charge in [-0.3, -0.25) is 10.0 Å². The summed E-state index contributed by atoms with van der Waals surface area (Å²) in [6, 6.07) is 6.45. The molecule has 0 aliphatic heterocycles. The lowest BCUT2D eigenvalue weighted by Gasteiger charge is -2.21. The van der Waals surface area contributed by atoms with Crippen molar-refractivity contribution in [1.29, 1.82) is 0 Å². The highest BCUT2D eigenvalue weighted by molar-refractivity contribution is 7.54. The van der Waals surface area contributed by atoms with E-state index in [4.69, 9.17) is 9.05 Å². The third-order valence-corrected chi connectivity index (χ3v) is 5.86. The molecule has 0 spiro atoms. The number of halogens is 6. The van der Waals surface area contributed by atoms with E-state index in [2.05, 4.69) is 0 Å². The first-order chi connectivity index (χ1) is 14.7. The zero-order valence-corrected chi connectivity index (χ0v) is 17.4. The Hall–Kier alpha value is -2.72. The first-order valence-corrected chi connectivity index (χ1v) is 10.7. The van der Waals surface area contributed by atoms with Crippen LogP contribution < -0.4 is 9.05 Å². The van der Waals surface area contributed by atoms with Gasteiger partial charge in [-0.25, -0.2) is 9.63 Å². The van der Waals surface area contributed by atoms with Crippen LogP contribution in [0.5, 0.6) is 11.5 Å². The van der Waals surface area contributed by atoms with Crippen LogP contribution in [0.1, 0.15) is 24.5 Å². The Morgan fingerprint density at radius 3 is 1.56 bits per heavy atom. The van der Waals surface area contributed by atoms with Crippen molar-refractivity contribution in [3.63, 3.8) is 0 Å². The fraction of sp³-hybridized carbons (Fsp3) is 0.316. The summed E-state index contributed by atoms with van der Waals surface area (Å²) in [5, 5.41) is 9.76. The molecule has 0 heterocycles. The van der Waals surface area contributed by atoms with Crippen molar-refractivity contribution in [3.05, 3.63) is 59.7 Å². The number of carbonyl (C=O) groups is 1. The number of hydroxylamine groups is 2. The normalized spacial score (nSPS) is 12.4. The van der Waals surface area contributed by atoms with Crippen molar-refractivity contribution in [1.82, 2.24) is 5.06 Å². The Morgan fingerprint density at radius 2 is 1.25 bits per heavy atom. The molecule has 2 aromatic carbocycles. The molecule has 0 bridgehead atoms. The summed E-state index contributed by atoms with van der Waals surface area (Å²) >= 11 is 0. The van der Waals surface area contributed by atoms with Crippen LogP contribution >= 0.6 is 7.60 Å². The summed E-state index contributed by atoms with van der Waals surface area (Å²) in [4.78, 5) is 11.1. The van der Waals surface area contributed by atoms with E-state index in [1.807, 2.05) is 0 Å². The molecule has 32 heavy (non-hydrogen) atoms. The quantitative estimate of drug-likeness (QED) is 0.215. The summed E-state index contributed by atoms with van der Waals surface area (Å²) < 4.78 is 100. The lowest BCUT2D eigenvalue weighted by Crippen LogP contribution is -2.26. The maximum atomic E-state index is 13.2. The van der Waals surface area contributed by atoms with Crippen LogP contribution in [0.3, 0.4) is 0 Å². The summed E-state index contributed by atoms with van der Waals surface area (Å²) in [6.07, 6.45) is -9.71. The summed E-state index contributed by atoms with van der Waals surface area (Å²) in [7, 11) is -4.17. The topological polar surface area (TPSA) is 76.1 Å². The molecule has 0 fully saturated rings. The number of carbonyl (C=O) groups excluding carboxylic acids is 1. The van der Waals surface area contributed by atoms with E-state index >= 15 is 0 Å². The molecule has 2 aromatic rings. The monoisotopic (exact) mass is 485 g/mol. The molecule has 2 rings (SSSR count). The van der Waals surface area contributed by atoms with Crippen LogP contribution in [0.2, 0.25) is 0 Å². The van der Waals surface area contributed by atoms with Crippen LogP contribution in [-0.2, 0) is 21.7 Å². The van der Waals surface area contributed by atoms with Gasteiger partial charge in [0.2, 0.25) is 5.91 Å². The molecule has 0 atom stereocenters. The van der Waals surface area contributed by atoms with Gasteiger partial charge in [0, 0.05) is 13.5 Å². The van der Waals surface area contributed by atoms with Crippen molar-refractivity contribution < 1.29 is 50.0 Å². The fourth-order valence-corrected chi connectivity index (χ4v) is 4.05. The van der Waals surface area contributed by atoms with Gasteiger partial charge in [0.25, 0.3) is 0 Å². The molecule has 0 aromatic heterocycles. The first-order valence-electron chi connectivity index (χ1n) is 8.99. The molecular weight excluding hydrogens is 467 g/mol. The smallest absolute Gasteiger partial charge is 0.416 e. The maximum Gasteiger partial charge on any atom is 0.430 e. The fourth-order valence-electron chi connectivity index (χ4n) is 2.41. The Balaban J connectivity index is 2.22. The summed E-state index contributed by atoms with van der Waals surface area (Å²) in [5.41, 5.74) is -1.94. The van der Waals surface area contributed by atoms with E-state index in [1.54, 1.807) is 0 Å². The summed E-state index contributed by atoms with van der Waals surface area (Å²) in [5.74, 6) is -1.16. The number of hydrogen-bond donors (Lipinski definition) is 1. The van der Waals surface area contributed by atoms with Crippen LogP contribution in [0.25, 0.3) is 0 Å². The van der Waals surface area contributed by atoms with E-state index in [0.717, 1.165) is 31.2 Å². The molecule has 176 valence electrons. The Morgan fingerprint density at radius 1 is 0.875 bits per heavy atom. The predicted octanol–water partition coefficient (Wildman–Crippen LogP) is 6.00. The van der Waals surface area contributed by atoms with Crippen LogP contribution in [0.15, 0.2) is 48.5 Å². The molecule has 0 aliphatic carbocycles. The van der Waals surface area contributed by atoms with Gasteiger partial charge < -0.3 is 9.05 Å². The average Bonchev–Trinajstić information content (AvgIpc) is 2.67. The lowest BCUT2D eigenvalue weighted by molar-refractivity contribution is -0.162. The summed E-state index contributed by atoms with van der Waals surface area (Å²) in [6.45, 7) is 0.822. The minimum absolute atomic E-state index is 0.103. The highest BCUT2D eigenvalue weighted by Crippen LogP contribution is 2.49. The van der Waals surface area contributed by atoms with Crippen molar-refractivity contribution in [2.45, 2.75) is 25.7 Å². The molecule has 6 nitrogen and oxygen atoms in total. The number of hydrogen-bond acceptors (Lipinski definition) is 5. The van der Waals surface area contributed by atoms with E-state index in [9.17, 15) is 40.9 Å². The molecule has 0 saturated heterocycles. The van der Waals surface area contributed by atoms with E-state index < -0.39 is 43.1 Å². The maximum absolute atomic E-state index is 13.2. The van der Waals surface area contributed by atoms with Gasteiger partial charge in [-0.15, -0.1) is 0 Å². The van der Waals surface area contributed by atoms with Gasteiger partial charge in [-0.1, -0.05) is 0 Å². The van der Waals surface area contributed by atoms with Crippen molar-refractivity contribution in [3.8, 4) is 11.5 Å². The molecule has 0 aliphatic rings. The van der Waals surface area contributed by atoms with Crippen molar-refractivity contribution in [2.75, 3.05) is 12.7 Å².